The van der Waals surface area contributed by atoms with Gasteiger partial charge in [-0.15, -0.1) is 0 Å². The van der Waals surface area contributed by atoms with Crippen LogP contribution in [0, 0.1) is 0 Å². The van der Waals surface area contributed by atoms with Gasteiger partial charge in [0.2, 0.25) is 0 Å². The third-order valence-electron chi connectivity index (χ3n) is 2.41. The normalized spacial score (nSPS) is 19.5. The van der Waals surface area contributed by atoms with Crippen LogP contribution >= 0.6 is 0 Å². The summed E-state index contributed by atoms with van der Waals surface area (Å²) in [5.41, 5.74) is 13.4. The van der Waals surface area contributed by atoms with Gasteiger partial charge in [0, 0.05) is 0 Å². The van der Waals surface area contributed by atoms with E-state index in [9.17, 15) is 0 Å². The molecule has 3 heteroatoms. The van der Waals surface area contributed by atoms with Crippen molar-refractivity contribution in [2.75, 3.05) is 0 Å². The fraction of sp³-hybridized carbons (Fsp3) is 0.300. The Bertz CT molecular complexity index is 340. The number of fused-ring (bicyclic) bond motifs is 1. The number of benzene rings is 1. The Kier molecular flexibility index (Phi) is 1.93. The van der Waals surface area contributed by atoms with E-state index in [0.717, 1.165) is 12.8 Å². The maximum absolute atomic E-state index is 5.36. The largest absolute Gasteiger partial charge is 0.370 e. The molecule has 1 aliphatic carbocycles. The van der Waals surface area contributed by atoms with Crippen molar-refractivity contribution >= 4 is 5.96 Å². The van der Waals surface area contributed by atoms with Crippen molar-refractivity contribution in [2.45, 2.75) is 18.9 Å². The molecule has 0 fully saturated rings. The van der Waals surface area contributed by atoms with E-state index in [1.807, 2.05) is 6.07 Å². The Labute approximate surface area is 77.5 Å². The number of nitrogens with two attached hydrogens (primary N) is 2. The fourth-order valence-corrected chi connectivity index (χ4v) is 1.85. The number of guanidine groups is 1. The van der Waals surface area contributed by atoms with Crippen LogP contribution in [0.25, 0.3) is 0 Å². The molecule has 1 aromatic rings. The summed E-state index contributed by atoms with van der Waals surface area (Å²) in [4.78, 5) is 4.19. The Balaban J connectivity index is 2.33. The second-order valence-electron chi connectivity index (χ2n) is 3.31. The van der Waals surface area contributed by atoms with Crippen LogP contribution in [0.3, 0.4) is 0 Å². The van der Waals surface area contributed by atoms with Crippen LogP contribution < -0.4 is 11.5 Å². The first kappa shape index (κ1) is 8.10. The number of rotatable bonds is 1. The van der Waals surface area contributed by atoms with Gasteiger partial charge < -0.3 is 11.5 Å². The van der Waals surface area contributed by atoms with Crippen molar-refractivity contribution < 1.29 is 0 Å². The van der Waals surface area contributed by atoms with Crippen LogP contribution in [0.1, 0.15) is 23.6 Å². The Morgan fingerprint density at radius 1 is 1.31 bits per heavy atom. The number of hydrogen-bond donors (Lipinski definition) is 2. The highest BCUT2D eigenvalue weighted by atomic mass is 15.0. The van der Waals surface area contributed by atoms with Gasteiger partial charge in [0.1, 0.15) is 0 Å². The fourth-order valence-electron chi connectivity index (χ4n) is 1.85. The predicted molar refractivity (Wildman–Crippen MR) is 53.3 cm³/mol. The number of hydrogen-bond acceptors (Lipinski definition) is 1. The highest BCUT2D eigenvalue weighted by Crippen LogP contribution is 2.33. The lowest BCUT2D eigenvalue weighted by Crippen LogP contribution is -2.23. The van der Waals surface area contributed by atoms with Crippen LogP contribution in [0.2, 0.25) is 0 Å². The highest BCUT2D eigenvalue weighted by molar-refractivity contribution is 5.76. The molecule has 0 spiro atoms. The van der Waals surface area contributed by atoms with E-state index < -0.39 is 0 Å². The van der Waals surface area contributed by atoms with E-state index in [4.69, 9.17) is 11.5 Å². The highest BCUT2D eigenvalue weighted by Gasteiger charge is 2.20. The summed E-state index contributed by atoms with van der Waals surface area (Å²) in [5, 5.41) is 0. The Morgan fingerprint density at radius 3 is 2.85 bits per heavy atom. The van der Waals surface area contributed by atoms with Crippen LogP contribution in [0.5, 0.6) is 0 Å². The predicted octanol–water partition coefficient (Wildman–Crippen LogP) is 0.947. The van der Waals surface area contributed by atoms with Gasteiger partial charge in [0.25, 0.3) is 0 Å². The zero-order valence-corrected chi connectivity index (χ0v) is 7.40. The Hall–Kier alpha value is -1.51. The quantitative estimate of drug-likeness (QED) is 0.493. The molecule has 1 aromatic carbocycles. The average Bonchev–Trinajstić information content (AvgIpc) is 2.48. The van der Waals surface area contributed by atoms with E-state index >= 15 is 0 Å². The molecule has 0 saturated heterocycles. The summed E-state index contributed by atoms with van der Waals surface area (Å²) in [7, 11) is 0. The van der Waals surface area contributed by atoms with Crippen molar-refractivity contribution in [3.63, 3.8) is 0 Å². The molecule has 0 bridgehead atoms. The van der Waals surface area contributed by atoms with Crippen molar-refractivity contribution in [1.29, 1.82) is 0 Å². The lowest BCUT2D eigenvalue weighted by molar-refractivity contribution is 0.713. The van der Waals surface area contributed by atoms with Gasteiger partial charge in [0.15, 0.2) is 5.96 Å². The van der Waals surface area contributed by atoms with E-state index in [1.165, 1.54) is 11.1 Å². The second kappa shape index (κ2) is 3.09. The summed E-state index contributed by atoms with van der Waals surface area (Å²) in [6, 6.07) is 8.49. The van der Waals surface area contributed by atoms with Gasteiger partial charge in [-0.1, -0.05) is 24.3 Å². The van der Waals surface area contributed by atoms with Gasteiger partial charge in [0.05, 0.1) is 6.04 Å². The van der Waals surface area contributed by atoms with Crippen molar-refractivity contribution in [1.82, 2.24) is 0 Å². The molecule has 0 radical (unpaired) electrons. The molecule has 68 valence electrons. The van der Waals surface area contributed by atoms with Gasteiger partial charge in [-0.3, -0.25) is 0 Å². The molecule has 2 rings (SSSR count). The maximum atomic E-state index is 5.36. The molecule has 1 aliphatic rings. The molecule has 0 aliphatic heterocycles. The molecule has 3 nitrogen and oxygen atoms in total. The molecular weight excluding hydrogens is 162 g/mol. The minimum absolute atomic E-state index is 0.182. The third kappa shape index (κ3) is 1.49. The molecule has 0 saturated carbocycles. The van der Waals surface area contributed by atoms with Crippen LogP contribution in [-0.2, 0) is 6.42 Å². The first-order valence-corrected chi connectivity index (χ1v) is 4.44. The molecule has 1 atom stereocenters. The monoisotopic (exact) mass is 175 g/mol. The van der Waals surface area contributed by atoms with E-state index in [1.54, 1.807) is 0 Å². The lowest BCUT2D eigenvalue weighted by atomic mass is 10.1. The van der Waals surface area contributed by atoms with Crippen molar-refractivity contribution in [2.24, 2.45) is 16.5 Å². The maximum Gasteiger partial charge on any atom is 0.186 e. The standard InChI is InChI=1S/C10H13N3/c11-10(12)13-9-6-5-7-3-1-2-4-8(7)9/h1-4,9H,5-6H2,(H4,11,12,13)/t9-/m0/s1. The smallest absolute Gasteiger partial charge is 0.186 e. The second-order valence-corrected chi connectivity index (χ2v) is 3.31. The lowest BCUT2D eigenvalue weighted by Gasteiger charge is -2.05. The van der Waals surface area contributed by atoms with Gasteiger partial charge in [-0.2, -0.15) is 0 Å². The zero-order valence-electron chi connectivity index (χ0n) is 7.40. The van der Waals surface area contributed by atoms with Gasteiger partial charge >= 0.3 is 0 Å². The van der Waals surface area contributed by atoms with E-state index in [0.29, 0.717) is 0 Å². The van der Waals surface area contributed by atoms with Crippen molar-refractivity contribution in [3.8, 4) is 0 Å². The molecular formula is C10H13N3. The minimum atomic E-state index is 0.182. The van der Waals surface area contributed by atoms with Crippen molar-refractivity contribution in [3.05, 3.63) is 35.4 Å². The molecule has 13 heavy (non-hydrogen) atoms. The van der Waals surface area contributed by atoms with Gasteiger partial charge in [-0.25, -0.2) is 4.99 Å². The van der Waals surface area contributed by atoms with E-state index in [2.05, 4.69) is 23.2 Å². The number of aliphatic imine (C=N–C) groups is 1. The molecule has 0 amide bonds. The zero-order chi connectivity index (χ0) is 9.26. The Morgan fingerprint density at radius 2 is 2.08 bits per heavy atom. The molecule has 0 heterocycles. The summed E-state index contributed by atoms with van der Waals surface area (Å²) >= 11 is 0. The summed E-state index contributed by atoms with van der Waals surface area (Å²) in [6.45, 7) is 0. The van der Waals surface area contributed by atoms with Crippen LogP contribution in [-0.4, -0.2) is 5.96 Å². The first-order chi connectivity index (χ1) is 6.27. The molecule has 0 aromatic heterocycles. The average molecular weight is 175 g/mol. The molecule has 0 unspecified atom stereocenters. The topological polar surface area (TPSA) is 64.4 Å². The first-order valence-electron chi connectivity index (χ1n) is 4.44. The molecule has 4 N–H and O–H groups in total. The van der Waals surface area contributed by atoms with Crippen LogP contribution in [0.15, 0.2) is 29.3 Å². The van der Waals surface area contributed by atoms with Crippen LogP contribution in [0.4, 0.5) is 0 Å². The SMILES string of the molecule is NC(N)=N[C@H]1CCc2ccccc21. The third-order valence-corrected chi connectivity index (χ3v) is 2.41. The summed E-state index contributed by atoms with van der Waals surface area (Å²) in [6.07, 6.45) is 2.11. The van der Waals surface area contributed by atoms with Gasteiger partial charge in [-0.05, 0) is 24.0 Å². The summed E-state index contributed by atoms with van der Waals surface area (Å²) in [5.74, 6) is 0.182. The number of nitrogens with zero attached hydrogens (tertiary/aromatic N) is 1. The summed E-state index contributed by atoms with van der Waals surface area (Å²) < 4.78 is 0. The minimum Gasteiger partial charge on any atom is -0.370 e. The number of aryl methyl sites for hydroxylation is 1. The van der Waals surface area contributed by atoms with E-state index in [-0.39, 0.29) is 12.0 Å².